The lowest BCUT2D eigenvalue weighted by Gasteiger charge is -2.58. The number of hydrogen-bond acceptors (Lipinski definition) is 7. The van der Waals surface area contributed by atoms with Crippen molar-refractivity contribution in [2.75, 3.05) is 26.2 Å². The van der Waals surface area contributed by atoms with Crippen LogP contribution in [0.3, 0.4) is 0 Å². The van der Waals surface area contributed by atoms with E-state index < -0.39 is 17.3 Å². The van der Waals surface area contributed by atoms with E-state index in [1.165, 1.54) is 57.8 Å². The molecule has 0 heterocycles. The second-order valence-corrected chi connectivity index (χ2v) is 22.5. The van der Waals surface area contributed by atoms with Gasteiger partial charge in [-0.3, -0.25) is 0 Å². The summed E-state index contributed by atoms with van der Waals surface area (Å²) < 4.78 is 17.4. The van der Waals surface area contributed by atoms with Gasteiger partial charge in [-0.15, -0.1) is 0 Å². The van der Waals surface area contributed by atoms with Crippen molar-refractivity contribution < 1.29 is 28.6 Å². The largest absolute Gasteiger partial charge is 0.446 e. The molecule has 2 unspecified atom stereocenters. The lowest BCUT2D eigenvalue weighted by atomic mass is 9.47. The highest BCUT2D eigenvalue weighted by Gasteiger charge is 2.58. The normalized spacial score (nSPS) is 28.4. The van der Waals surface area contributed by atoms with Crippen molar-refractivity contribution in [3.05, 3.63) is 11.6 Å². The number of nitrogens with zero attached hydrogens (tertiary/aromatic N) is 1. The Hall–Kier alpha value is -2.49. The SMILES string of the molecule is CCC(CCNCCCCN(CCC(CC)NC(=O)OC(C)(C)C)C(=O)O[C@H]1CC[C@@]2(C)C(=CC[C@H]3[C@@H]4CC[C@H](CCCCC(C)C)[C@@]4(C)CC[C@@H]32)C1)NC(=O)OC(C)(C)C. The highest BCUT2D eigenvalue weighted by molar-refractivity contribution is 5.69. The predicted octanol–water partition coefficient (Wildman–Crippen LogP) is 12.3. The second-order valence-electron chi connectivity index (χ2n) is 22.5. The summed E-state index contributed by atoms with van der Waals surface area (Å²) in [5.74, 6) is 4.09. The zero-order valence-electron chi connectivity index (χ0n) is 41.1. The summed E-state index contributed by atoms with van der Waals surface area (Å²) >= 11 is 0. The van der Waals surface area contributed by atoms with Gasteiger partial charge in [-0.1, -0.05) is 72.5 Å². The Balaban J connectivity index is 1.32. The third-order valence-corrected chi connectivity index (χ3v) is 15.2. The van der Waals surface area contributed by atoms with Crippen LogP contribution in [0.4, 0.5) is 14.4 Å². The van der Waals surface area contributed by atoms with Gasteiger partial charge in [0.15, 0.2) is 0 Å². The zero-order valence-corrected chi connectivity index (χ0v) is 41.1. The molecule has 4 rings (SSSR count). The van der Waals surface area contributed by atoms with Crippen LogP contribution >= 0.6 is 0 Å². The first-order chi connectivity index (χ1) is 28.7. The number of carbonyl (C=O) groups is 3. The van der Waals surface area contributed by atoms with Crippen molar-refractivity contribution in [3.63, 3.8) is 0 Å². The number of alkyl carbamates (subject to hydrolysis) is 2. The van der Waals surface area contributed by atoms with Crippen LogP contribution in [0.2, 0.25) is 0 Å². The average molecular weight is 857 g/mol. The number of rotatable bonds is 21. The Morgan fingerprint density at radius 1 is 0.770 bits per heavy atom. The summed E-state index contributed by atoms with van der Waals surface area (Å²) in [6.45, 7) is 28.0. The fourth-order valence-corrected chi connectivity index (χ4v) is 11.7. The van der Waals surface area contributed by atoms with Crippen LogP contribution < -0.4 is 16.0 Å². The van der Waals surface area contributed by atoms with Crippen molar-refractivity contribution in [1.82, 2.24) is 20.9 Å². The number of fused-ring (bicyclic) bond motifs is 5. The Labute approximate surface area is 373 Å². The van der Waals surface area contributed by atoms with Crippen molar-refractivity contribution in [1.29, 1.82) is 0 Å². The molecule has 0 radical (unpaired) electrons. The fraction of sp³-hybridized carbons (Fsp3) is 0.902. The van der Waals surface area contributed by atoms with E-state index >= 15 is 0 Å². The number of unbranched alkanes of at least 4 members (excludes halogenated alkanes) is 2. The maximum atomic E-state index is 14.1. The summed E-state index contributed by atoms with van der Waals surface area (Å²) in [5, 5.41) is 9.54. The molecular formula is C51H92N4O6. The molecule has 352 valence electrons. The molecule has 4 aliphatic rings. The molecule has 3 N–H and O–H groups in total. The van der Waals surface area contributed by atoms with E-state index in [2.05, 4.69) is 63.6 Å². The quantitative estimate of drug-likeness (QED) is 0.0598. The molecule has 10 nitrogen and oxygen atoms in total. The number of carbonyl (C=O) groups excluding carboxylic acids is 3. The third-order valence-electron chi connectivity index (χ3n) is 15.2. The van der Waals surface area contributed by atoms with Crippen LogP contribution in [0.5, 0.6) is 0 Å². The summed E-state index contributed by atoms with van der Waals surface area (Å²) in [4.78, 5) is 40.8. The monoisotopic (exact) mass is 857 g/mol. The van der Waals surface area contributed by atoms with Crippen LogP contribution in [0.15, 0.2) is 11.6 Å². The molecule has 3 fully saturated rings. The van der Waals surface area contributed by atoms with E-state index in [9.17, 15) is 14.4 Å². The van der Waals surface area contributed by atoms with Gasteiger partial charge in [0.25, 0.3) is 0 Å². The van der Waals surface area contributed by atoms with Crippen LogP contribution in [-0.2, 0) is 14.2 Å². The third kappa shape index (κ3) is 15.3. The lowest BCUT2D eigenvalue weighted by molar-refractivity contribution is -0.0534. The topological polar surface area (TPSA) is 118 Å². The maximum Gasteiger partial charge on any atom is 0.410 e. The number of hydrogen-bond donors (Lipinski definition) is 3. The van der Waals surface area contributed by atoms with Crippen LogP contribution in [0.1, 0.15) is 199 Å². The van der Waals surface area contributed by atoms with Gasteiger partial charge in [0, 0.05) is 31.6 Å². The van der Waals surface area contributed by atoms with Gasteiger partial charge in [0.1, 0.15) is 17.3 Å². The molecule has 3 amide bonds. The summed E-state index contributed by atoms with van der Waals surface area (Å²) in [6, 6.07) is -0.0646. The van der Waals surface area contributed by atoms with Crippen molar-refractivity contribution in [2.45, 2.75) is 228 Å². The minimum atomic E-state index is -0.577. The summed E-state index contributed by atoms with van der Waals surface area (Å²) in [6.07, 6.45) is 21.4. The first kappa shape index (κ1) is 51.1. The Morgan fingerprint density at radius 3 is 2.05 bits per heavy atom. The van der Waals surface area contributed by atoms with Gasteiger partial charge in [-0.2, -0.15) is 0 Å². The van der Waals surface area contributed by atoms with Gasteiger partial charge in [0.2, 0.25) is 0 Å². The molecular weight excluding hydrogens is 765 g/mol. The molecule has 0 aromatic rings. The molecule has 61 heavy (non-hydrogen) atoms. The van der Waals surface area contributed by atoms with E-state index in [4.69, 9.17) is 14.2 Å². The van der Waals surface area contributed by atoms with E-state index in [0.29, 0.717) is 24.9 Å². The first-order valence-electron chi connectivity index (χ1n) is 25.0. The van der Waals surface area contributed by atoms with Gasteiger partial charge in [-0.05, 0) is 185 Å². The second kappa shape index (κ2) is 22.9. The van der Waals surface area contributed by atoms with Gasteiger partial charge in [0.05, 0.1) is 0 Å². The summed E-state index contributed by atoms with van der Waals surface area (Å²) in [7, 11) is 0. The zero-order chi connectivity index (χ0) is 45.0. The lowest BCUT2D eigenvalue weighted by Crippen LogP contribution is -2.50. The van der Waals surface area contributed by atoms with Gasteiger partial charge >= 0.3 is 18.3 Å². The highest BCUT2D eigenvalue weighted by atomic mass is 16.6. The molecule has 0 aromatic heterocycles. The van der Waals surface area contributed by atoms with Gasteiger partial charge in [-0.25, -0.2) is 14.4 Å². The molecule has 0 spiro atoms. The maximum absolute atomic E-state index is 14.1. The van der Waals surface area contributed by atoms with E-state index in [0.717, 1.165) is 94.0 Å². The smallest absolute Gasteiger partial charge is 0.410 e. The Kier molecular flexibility index (Phi) is 19.2. The number of allylic oxidation sites excluding steroid dienone is 1. The van der Waals surface area contributed by atoms with E-state index in [1.54, 1.807) is 5.57 Å². The van der Waals surface area contributed by atoms with E-state index in [-0.39, 0.29) is 35.8 Å². The molecule has 9 atom stereocenters. The number of ether oxygens (including phenoxy) is 3. The van der Waals surface area contributed by atoms with Crippen LogP contribution in [0.25, 0.3) is 0 Å². The minimum absolute atomic E-state index is 0.0459. The molecule has 0 aromatic carbocycles. The Bertz CT molecular complexity index is 1420. The minimum Gasteiger partial charge on any atom is -0.446 e. The predicted molar refractivity (Wildman–Crippen MR) is 249 cm³/mol. The fourth-order valence-electron chi connectivity index (χ4n) is 11.7. The molecule has 3 saturated carbocycles. The van der Waals surface area contributed by atoms with E-state index in [1.807, 2.05) is 46.4 Å². The van der Waals surface area contributed by atoms with Crippen LogP contribution in [-0.4, -0.2) is 78.7 Å². The van der Waals surface area contributed by atoms with Crippen molar-refractivity contribution in [3.8, 4) is 0 Å². The first-order valence-corrected chi connectivity index (χ1v) is 25.0. The van der Waals surface area contributed by atoms with Crippen molar-refractivity contribution >= 4 is 18.3 Å². The van der Waals surface area contributed by atoms with Crippen molar-refractivity contribution in [2.24, 2.45) is 40.4 Å². The summed E-state index contributed by atoms with van der Waals surface area (Å²) in [5.41, 5.74) is 1.16. The molecule has 0 aliphatic heterocycles. The Morgan fingerprint density at radius 2 is 1.43 bits per heavy atom. The molecule has 4 aliphatic carbocycles. The van der Waals surface area contributed by atoms with Crippen LogP contribution in [0, 0.1) is 40.4 Å². The molecule has 0 saturated heterocycles. The standard InChI is InChI=1S/C51H92N4O6/c1-13-39(53-45(56)60-48(5,6)7)27-32-52-31-17-18-33-55(34-28-40(14-2)54-46(57)61-49(8,9)10)47(58)59-41-25-29-51(12)38(35-41)21-23-42-43-24-22-37(20-16-15-19-36(3)4)50(43,11)30-26-44(42)51/h21,36-37,39-44,52H,13-20,22-35H2,1-12H3,(H,53,56)(H,54,57)/t37-,39?,40?,41-,42-,43-,44-,50+,51-/m0/s1. The molecule has 0 bridgehead atoms. The average Bonchev–Trinajstić information content (AvgIpc) is 3.50. The number of amides is 3. The van der Waals surface area contributed by atoms with Gasteiger partial charge < -0.3 is 35.1 Å². The highest BCUT2D eigenvalue weighted by Crippen LogP contribution is 2.67. The molecule has 10 heteroatoms. The number of nitrogens with one attached hydrogen (secondary N) is 3.